The van der Waals surface area contributed by atoms with E-state index in [0.29, 0.717) is 5.02 Å². The summed E-state index contributed by atoms with van der Waals surface area (Å²) in [5.74, 6) is 0.763. The second-order valence-corrected chi connectivity index (χ2v) is 7.46. The molecule has 3 rings (SSSR count). The van der Waals surface area contributed by atoms with Crippen molar-refractivity contribution in [2.24, 2.45) is 0 Å². The van der Waals surface area contributed by atoms with Gasteiger partial charge in [-0.2, -0.15) is 0 Å². The summed E-state index contributed by atoms with van der Waals surface area (Å²) >= 11 is 19.7. The second kappa shape index (κ2) is 5.92. The maximum atomic E-state index is 6.32. The first-order valence-electron chi connectivity index (χ1n) is 6.25. The number of rotatable bonds is 2. The molecule has 0 fully saturated rings. The Morgan fingerprint density at radius 2 is 1.95 bits per heavy atom. The van der Waals surface area contributed by atoms with Gasteiger partial charge in [0.15, 0.2) is 0 Å². The van der Waals surface area contributed by atoms with Gasteiger partial charge in [-0.25, -0.2) is 4.98 Å². The first-order chi connectivity index (χ1) is 9.99. The quantitative estimate of drug-likeness (QED) is 0.409. The van der Waals surface area contributed by atoms with Crippen molar-refractivity contribution >= 4 is 66.1 Å². The van der Waals surface area contributed by atoms with Gasteiger partial charge >= 0.3 is 0 Å². The largest absolute Gasteiger partial charge is 0.294 e. The minimum atomic E-state index is -0.237. The van der Waals surface area contributed by atoms with E-state index < -0.39 is 0 Å². The van der Waals surface area contributed by atoms with E-state index in [1.807, 2.05) is 47.9 Å². The summed E-state index contributed by atoms with van der Waals surface area (Å²) in [6, 6.07) is 11.7. The molecule has 2 nitrogen and oxygen atoms in total. The number of alkyl halides is 1. The van der Waals surface area contributed by atoms with Crippen LogP contribution in [0.4, 0.5) is 0 Å². The van der Waals surface area contributed by atoms with Crippen molar-refractivity contribution in [1.82, 2.24) is 9.55 Å². The summed E-state index contributed by atoms with van der Waals surface area (Å²) in [6.45, 7) is 1.90. The fraction of sp³-hybridized carbons (Fsp3) is 0.133. The molecule has 0 saturated carbocycles. The lowest BCUT2D eigenvalue weighted by Gasteiger charge is -2.13. The van der Waals surface area contributed by atoms with Crippen molar-refractivity contribution in [3.05, 3.63) is 56.2 Å². The minimum absolute atomic E-state index is 0.237. The molecular weight excluding hydrogens is 439 g/mol. The van der Waals surface area contributed by atoms with Crippen molar-refractivity contribution < 1.29 is 0 Å². The highest BCUT2D eigenvalue weighted by Gasteiger charge is 2.19. The van der Waals surface area contributed by atoms with Gasteiger partial charge in [0.2, 0.25) is 0 Å². The second-order valence-electron chi connectivity index (χ2n) is 4.62. The number of halogens is 4. The molecular formula is C15H10Br2Cl2N2. The Hall–Kier alpha value is -0.550. The van der Waals surface area contributed by atoms with Crippen LogP contribution in [0.25, 0.3) is 16.7 Å². The standard InChI is InChI=1S/C15H10Br2Cl2N2/c1-8(18)15-20-14-11(19)3-2-4-12(14)21(15)13-7-9(16)5-6-10(13)17/h2-8H,1H3. The molecule has 1 atom stereocenters. The van der Waals surface area contributed by atoms with E-state index in [2.05, 4.69) is 36.8 Å². The van der Waals surface area contributed by atoms with Gasteiger partial charge in [-0.15, -0.1) is 11.6 Å². The van der Waals surface area contributed by atoms with Crippen molar-refractivity contribution in [3.8, 4) is 5.69 Å². The molecule has 0 aliphatic carbocycles. The topological polar surface area (TPSA) is 17.8 Å². The summed E-state index contributed by atoms with van der Waals surface area (Å²) in [7, 11) is 0. The van der Waals surface area contributed by atoms with Crippen LogP contribution in [0, 0.1) is 0 Å². The van der Waals surface area contributed by atoms with Crippen molar-refractivity contribution in [3.63, 3.8) is 0 Å². The molecule has 0 radical (unpaired) electrons. The van der Waals surface area contributed by atoms with E-state index in [0.717, 1.165) is 31.5 Å². The van der Waals surface area contributed by atoms with E-state index in [4.69, 9.17) is 23.2 Å². The maximum Gasteiger partial charge on any atom is 0.132 e. The molecule has 1 aromatic heterocycles. The molecule has 6 heteroatoms. The highest BCUT2D eigenvalue weighted by molar-refractivity contribution is 9.11. The Morgan fingerprint density at radius 3 is 2.67 bits per heavy atom. The van der Waals surface area contributed by atoms with Gasteiger partial charge in [-0.1, -0.05) is 33.6 Å². The van der Waals surface area contributed by atoms with Gasteiger partial charge in [0.25, 0.3) is 0 Å². The van der Waals surface area contributed by atoms with Gasteiger partial charge in [-0.05, 0) is 53.2 Å². The van der Waals surface area contributed by atoms with Crippen LogP contribution < -0.4 is 0 Å². The van der Waals surface area contributed by atoms with Crippen molar-refractivity contribution in [1.29, 1.82) is 0 Å². The molecule has 0 bridgehead atoms. The first kappa shape index (κ1) is 15.3. The van der Waals surface area contributed by atoms with Crippen LogP contribution in [-0.2, 0) is 0 Å². The molecule has 0 spiro atoms. The molecule has 3 aromatic rings. The number of aromatic nitrogens is 2. The number of para-hydroxylation sites is 1. The third-order valence-electron chi connectivity index (χ3n) is 3.17. The average molecular weight is 449 g/mol. The SMILES string of the molecule is CC(Cl)c1nc2c(Cl)cccc2n1-c1cc(Br)ccc1Br. The van der Waals surface area contributed by atoms with Crippen LogP contribution in [0.1, 0.15) is 18.1 Å². The zero-order valence-electron chi connectivity index (χ0n) is 10.9. The van der Waals surface area contributed by atoms with E-state index in [1.54, 1.807) is 0 Å². The average Bonchev–Trinajstić information content (AvgIpc) is 2.82. The summed E-state index contributed by atoms with van der Waals surface area (Å²) in [4.78, 5) is 4.62. The van der Waals surface area contributed by atoms with E-state index >= 15 is 0 Å². The Morgan fingerprint density at radius 1 is 1.19 bits per heavy atom. The van der Waals surface area contributed by atoms with Crippen LogP contribution in [0.3, 0.4) is 0 Å². The molecule has 0 amide bonds. The highest BCUT2D eigenvalue weighted by atomic mass is 79.9. The van der Waals surface area contributed by atoms with E-state index in [9.17, 15) is 0 Å². The molecule has 0 aliphatic heterocycles. The molecule has 21 heavy (non-hydrogen) atoms. The molecule has 1 heterocycles. The van der Waals surface area contributed by atoms with Crippen LogP contribution in [0.15, 0.2) is 45.3 Å². The van der Waals surface area contributed by atoms with E-state index in [-0.39, 0.29) is 5.38 Å². The number of hydrogen-bond donors (Lipinski definition) is 0. The molecule has 0 aliphatic rings. The van der Waals surface area contributed by atoms with Crippen molar-refractivity contribution in [2.45, 2.75) is 12.3 Å². The van der Waals surface area contributed by atoms with Gasteiger partial charge in [-0.3, -0.25) is 4.57 Å². The van der Waals surface area contributed by atoms with Crippen LogP contribution in [-0.4, -0.2) is 9.55 Å². The zero-order chi connectivity index (χ0) is 15.1. The molecule has 0 N–H and O–H groups in total. The summed E-state index contributed by atoms with van der Waals surface area (Å²) in [5.41, 5.74) is 2.66. The van der Waals surface area contributed by atoms with Crippen LogP contribution in [0.2, 0.25) is 5.02 Å². The molecule has 0 saturated heterocycles. The van der Waals surface area contributed by atoms with E-state index in [1.165, 1.54) is 0 Å². The number of imidazole rings is 1. The smallest absolute Gasteiger partial charge is 0.132 e. The Balaban J connectivity index is 2.42. The fourth-order valence-corrected chi connectivity index (χ4v) is 3.39. The Bertz CT molecular complexity index is 828. The predicted octanol–water partition coefficient (Wildman–Crippen LogP) is 6.50. The monoisotopic (exact) mass is 446 g/mol. The third kappa shape index (κ3) is 2.74. The third-order valence-corrected chi connectivity index (χ3v) is 4.83. The lowest BCUT2D eigenvalue weighted by molar-refractivity contribution is 0.880. The maximum absolute atomic E-state index is 6.32. The fourth-order valence-electron chi connectivity index (χ4n) is 2.26. The van der Waals surface area contributed by atoms with Gasteiger partial charge in [0.1, 0.15) is 11.3 Å². The van der Waals surface area contributed by atoms with Crippen LogP contribution in [0.5, 0.6) is 0 Å². The summed E-state index contributed by atoms with van der Waals surface area (Å²) in [6.07, 6.45) is 0. The highest BCUT2D eigenvalue weighted by Crippen LogP contribution is 2.35. The number of fused-ring (bicyclic) bond motifs is 1. The van der Waals surface area contributed by atoms with Crippen LogP contribution >= 0.6 is 55.1 Å². The molecule has 108 valence electrons. The number of hydrogen-bond acceptors (Lipinski definition) is 1. The minimum Gasteiger partial charge on any atom is -0.294 e. The summed E-state index contributed by atoms with van der Waals surface area (Å²) < 4.78 is 3.98. The first-order valence-corrected chi connectivity index (χ1v) is 8.65. The number of nitrogens with zero attached hydrogens (tertiary/aromatic N) is 2. The lowest BCUT2D eigenvalue weighted by atomic mass is 10.2. The zero-order valence-corrected chi connectivity index (χ0v) is 15.6. The molecule has 2 aromatic carbocycles. The summed E-state index contributed by atoms with van der Waals surface area (Å²) in [5, 5.41) is 0.385. The lowest BCUT2D eigenvalue weighted by Crippen LogP contribution is -2.02. The normalized spacial score (nSPS) is 12.8. The predicted molar refractivity (Wildman–Crippen MR) is 95.7 cm³/mol. The Labute approximate surface area is 149 Å². The number of benzene rings is 2. The van der Waals surface area contributed by atoms with Gasteiger partial charge in [0, 0.05) is 8.95 Å². The van der Waals surface area contributed by atoms with Gasteiger partial charge < -0.3 is 0 Å². The van der Waals surface area contributed by atoms with Gasteiger partial charge in [0.05, 0.1) is 21.6 Å². The molecule has 1 unspecified atom stereocenters. The van der Waals surface area contributed by atoms with Crippen molar-refractivity contribution in [2.75, 3.05) is 0 Å². The Kier molecular flexibility index (Phi) is 4.33.